The molecule has 1 N–H and O–H groups in total. The zero-order valence-corrected chi connectivity index (χ0v) is 12.6. The number of thioether (sulfide) groups is 1. The SMILES string of the molecule is CC(=O)NCCN1C(=O)CSC1c1ccc(C(F)(F)F)cc1. The van der Waals surface area contributed by atoms with Crippen molar-refractivity contribution in [3.63, 3.8) is 0 Å². The summed E-state index contributed by atoms with van der Waals surface area (Å²) in [6.07, 6.45) is -4.37. The van der Waals surface area contributed by atoms with Crippen molar-refractivity contribution >= 4 is 23.6 Å². The average Bonchev–Trinajstić information content (AvgIpc) is 2.79. The largest absolute Gasteiger partial charge is 0.416 e. The van der Waals surface area contributed by atoms with Crippen LogP contribution < -0.4 is 5.32 Å². The van der Waals surface area contributed by atoms with E-state index in [1.165, 1.54) is 30.8 Å². The number of alkyl halides is 3. The molecular formula is C14H15F3N2O2S. The molecule has 2 rings (SSSR count). The van der Waals surface area contributed by atoms with E-state index in [4.69, 9.17) is 0 Å². The Balaban J connectivity index is 2.09. The number of amides is 2. The summed E-state index contributed by atoms with van der Waals surface area (Å²) in [5, 5.41) is 2.29. The number of benzene rings is 1. The fourth-order valence-electron chi connectivity index (χ4n) is 2.16. The molecule has 1 aromatic rings. The molecule has 0 aromatic heterocycles. The second kappa shape index (κ2) is 6.60. The van der Waals surface area contributed by atoms with Crippen LogP contribution >= 0.6 is 11.8 Å². The van der Waals surface area contributed by atoms with E-state index in [0.717, 1.165) is 12.1 Å². The van der Waals surface area contributed by atoms with Gasteiger partial charge in [-0.3, -0.25) is 9.59 Å². The van der Waals surface area contributed by atoms with Crippen LogP contribution in [0.1, 0.15) is 23.4 Å². The van der Waals surface area contributed by atoms with E-state index < -0.39 is 11.7 Å². The fourth-order valence-corrected chi connectivity index (χ4v) is 3.38. The minimum absolute atomic E-state index is 0.0831. The Bertz CT molecular complexity index is 560. The van der Waals surface area contributed by atoms with Gasteiger partial charge in [0.2, 0.25) is 11.8 Å². The van der Waals surface area contributed by atoms with Gasteiger partial charge in [0, 0.05) is 20.0 Å². The molecule has 0 bridgehead atoms. The van der Waals surface area contributed by atoms with Gasteiger partial charge in [0.05, 0.1) is 11.3 Å². The van der Waals surface area contributed by atoms with E-state index in [9.17, 15) is 22.8 Å². The van der Waals surface area contributed by atoms with Crippen molar-refractivity contribution in [2.24, 2.45) is 0 Å². The van der Waals surface area contributed by atoms with Crippen molar-refractivity contribution in [1.82, 2.24) is 10.2 Å². The number of nitrogens with one attached hydrogen (secondary N) is 1. The second-order valence-electron chi connectivity index (χ2n) is 4.85. The highest BCUT2D eigenvalue weighted by Crippen LogP contribution is 2.39. The third kappa shape index (κ3) is 3.94. The first-order valence-electron chi connectivity index (χ1n) is 6.61. The van der Waals surface area contributed by atoms with Crippen LogP contribution in [0, 0.1) is 0 Å². The number of halogens is 3. The molecule has 1 aliphatic rings. The topological polar surface area (TPSA) is 49.4 Å². The molecule has 4 nitrogen and oxygen atoms in total. The maximum Gasteiger partial charge on any atom is 0.416 e. The van der Waals surface area contributed by atoms with Crippen molar-refractivity contribution in [2.75, 3.05) is 18.8 Å². The lowest BCUT2D eigenvalue weighted by atomic mass is 10.1. The number of hydrogen-bond acceptors (Lipinski definition) is 3. The highest BCUT2D eigenvalue weighted by molar-refractivity contribution is 8.00. The van der Waals surface area contributed by atoms with Crippen molar-refractivity contribution < 1.29 is 22.8 Å². The highest BCUT2D eigenvalue weighted by atomic mass is 32.2. The molecule has 8 heteroatoms. The van der Waals surface area contributed by atoms with Crippen LogP contribution in [0.2, 0.25) is 0 Å². The van der Waals surface area contributed by atoms with Crippen molar-refractivity contribution in [3.05, 3.63) is 35.4 Å². The van der Waals surface area contributed by atoms with Gasteiger partial charge in [-0.05, 0) is 17.7 Å². The first kappa shape index (κ1) is 16.7. The molecule has 120 valence electrons. The van der Waals surface area contributed by atoms with Gasteiger partial charge in [0.15, 0.2) is 0 Å². The van der Waals surface area contributed by atoms with Crippen LogP contribution in [0.4, 0.5) is 13.2 Å². The quantitative estimate of drug-likeness (QED) is 0.921. The Hall–Kier alpha value is -1.70. The Morgan fingerprint density at radius 2 is 2.00 bits per heavy atom. The average molecular weight is 332 g/mol. The van der Waals surface area contributed by atoms with Gasteiger partial charge >= 0.3 is 6.18 Å². The molecule has 1 aromatic carbocycles. The minimum atomic E-state index is -4.37. The van der Waals surface area contributed by atoms with Crippen LogP contribution in [0.25, 0.3) is 0 Å². The molecular weight excluding hydrogens is 317 g/mol. The molecule has 0 radical (unpaired) electrons. The zero-order valence-electron chi connectivity index (χ0n) is 11.8. The predicted molar refractivity (Wildman–Crippen MR) is 77.0 cm³/mol. The first-order chi connectivity index (χ1) is 10.3. The summed E-state index contributed by atoms with van der Waals surface area (Å²) in [7, 11) is 0. The lowest BCUT2D eigenvalue weighted by Gasteiger charge is -2.24. The number of rotatable bonds is 4. The van der Waals surface area contributed by atoms with Crippen molar-refractivity contribution in [2.45, 2.75) is 18.5 Å². The number of nitrogens with zero attached hydrogens (tertiary/aromatic N) is 1. The van der Waals surface area contributed by atoms with Gasteiger partial charge in [-0.2, -0.15) is 13.2 Å². The van der Waals surface area contributed by atoms with Crippen LogP contribution in [-0.4, -0.2) is 35.6 Å². The van der Waals surface area contributed by atoms with Gasteiger partial charge in [-0.25, -0.2) is 0 Å². The maximum absolute atomic E-state index is 12.6. The zero-order chi connectivity index (χ0) is 16.3. The molecule has 0 saturated carbocycles. The Kier molecular flexibility index (Phi) is 5.00. The summed E-state index contributed by atoms with van der Waals surface area (Å²) >= 11 is 1.37. The van der Waals surface area contributed by atoms with E-state index in [-0.39, 0.29) is 22.9 Å². The summed E-state index contributed by atoms with van der Waals surface area (Å²) < 4.78 is 37.7. The summed E-state index contributed by atoms with van der Waals surface area (Å²) in [5.41, 5.74) is -0.0676. The van der Waals surface area contributed by atoms with E-state index >= 15 is 0 Å². The van der Waals surface area contributed by atoms with Crippen molar-refractivity contribution in [3.8, 4) is 0 Å². The summed E-state index contributed by atoms with van der Waals surface area (Å²) in [6, 6.07) is 4.82. The van der Waals surface area contributed by atoms with Crippen LogP contribution in [0.3, 0.4) is 0 Å². The van der Waals surface area contributed by atoms with E-state index in [2.05, 4.69) is 5.32 Å². The molecule has 22 heavy (non-hydrogen) atoms. The number of carbonyl (C=O) groups is 2. The van der Waals surface area contributed by atoms with Gasteiger partial charge in [0.1, 0.15) is 5.37 Å². The maximum atomic E-state index is 12.6. The Morgan fingerprint density at radius 3 is 2.55 bits per heavy atom. The van der Waals surface area contributed by atoms with Gasteiger partial charge in [0.25, 0.3) is 0 Å². The predicted octanol–water partition coefficient (Wildman–Crippen LogP) is 2.42. The van der Waals surface area contributed by atoms with E-state index in [0.29, 0.717) is 18.7 Å². The normalized spacial score (nSPS) is 18.6. The monoisotopic (exact) mass is 332 g/mol. The Labute approximate surface area is 130 Å². The molecule has 2 amide bonds. The first-order valence-corrected chi connectivity index (χ1v) is 7.66. The minimum Gasteiger partial charge on any atom is -0.355 e. The third-order valence-corrected chi connectivity index (χ3v) is 4.47. The second-order valence-corrected chi connectivity index (χ2v) is 5.92. The lowest BCUT2D eigenvalue weighted by Crippen LogP contribution is -2.36. The molecule has 1 heterocycles. The van der Waals surface area contributed by atoms with Crippen LogP contribution in [-0.2, 0) is 15.8 Å². The summed E-state index contributed by atoms with van der Waals surface area (Å²) in [6.45, 7) is 2.03. The van der Waals surface area contributed by atoms with Gasteiger partial charge in [-0.1, -0.05) is 12.1 Å². The molecule has 1 atom stereocenters. The molecule has 1 aliphatic heterocycles. The summed E-state index contributed by atoms with van der Waals surface area (Å²) in [4.78, 5) is 24.3. The number of carbonyl (C=O) groups excluding carboxylic acids is 2. The van der Waals surface area contributed by atoms with Crippen LogP contribution in [0.5, 0.6) is 0 Å². The molecule has 0 aliphatic carbocycles. The fraction of sp³-hybridized carbons (Fsp3) is 0.429. The molecule has 1 unspecified atom stereocenters. The van der Waals surface area contributed by atoms with E-state index in [1.54, 1.807) is 4.90 Å². The van der Waals surface area contributed by atoms with Crippen molar-refractivity contribution in [1.29, 1.82) is 0 Å². The van der Waals surface area contributed by atoms with Gasteiger partial charge in [-0.15, -0.1) is 11.8 Å². The van der Waals surface area contributed by atoms with Gasteiger partial charge < -0.3 is 10.2 Å². The lowest BCUT2D eigenvalue weighted by molar-refractivity contribution is -0.137. The molecule has 0 spiro atoms. The standard InChI is InChI=1S/C14H15F3N2O2S/c1-9(20)18-6-7-19-12(21)8-22-13(19)10-2-4-11(5-3-10)14(15,16)17/h2-5,13H,6-8H2,1H3,(H,18,20). The smallest absolute Gasteiger partial charge is 0.355 e. The molecule has 1 saturated heterocycles. The third-order valence-electron chi connectivity index (χ3n) is 3.22. The van der Waals surface area contributed by atoms with Crippen LogP contribution in [0.15, 0.2) is 24.3 Å². The molecule has 1 fully saturated rings. The highest BCUT2D eigenvalue weighted by Gasteiger charge is 2.34. The number of hydrogen-bond donors (Lipinski definition) is 1. The summed E-state index contributed by atoms with van der Waals surface area (Å²) in [5.74, 6) is 0.0109. The van der Waals surface area contributed by atoms with E-state index in [1.807, 2.05) is 0 Å². The Morgan fingerprint density at radius 1 is 1.36 bits per heavy atom.